The van der Waals surface area contributed by atoms with Gasteiger partial charge in [-0.3, -0.25) is 15.0 Å². The molecule has 4 atom stereocenters. The lowest BCUT2D eigenvalue weighted by atomic mass is 9.82. The summed E-state index contributed by atoms with van der Waals surface area (Å²) in [6.07, 6.45) is 6.35. The SMILES string of the molecule is Cn1cc(C2CC3C(CN2)NNC3c2ccc(Br)c(N3CCN(CCS(C)(=O)=O)C(C)(C)C3)n2)cn1. The Morgan fingerprint density at radius 2 is 2.03 bits per heavy atom. The molecular weight excluding hydrogens is 544 g/mol. The Balaban J connectivity index is 1.32. The van der Waals surface area contributed by atoms with Gasteiger partial charge in [0.1, 0.15) is 15.7 Å². The van der Waals surface area contributed by atoms with E-state index in [4.69, 9.17) is 4.98 Å². The number of aromatic nitrogens is 3. The maximum Gasteiger partial charge on any atom is 0.148 e. The van der Waals surface area contributed by atoms with Crippen LogP contribution in [0.1, 0.15) is 43.6 Å². The highest BCUT2D eigenvalue weighted by Crippen LogP contribution is 2.39. The molecule has 0 spiro atoms. The largest absolute Gasteiger partial charge is 0.353 e. The van der Waals surface area contributed by atoms with Gasteiger partial charge < -0.3 is 10.2 Å². The summed E-state index contributed by atoms with van der Waals surface area (Å²) in [6, 6.07) is 4.96. The average Bonchev–Trinajstić information content (AvgIpc) is 3.43. The van der Waals surface area contributed by atoms with Crippen LogP contribution in [0, 0.1) is 5.92 Å². The minimum atomic E-state index is -2.99. The average molecular weight is 582 g/mol. The van der Waals surface area contributed by atoms with Crippen LogP contribution >= 0.6 is 15.9 Å². The topological polar surface area (TPSA) is 107 Å². The Bertz CT molecular complexity index is 1200. The molecule has 0 aromatic carbocycles. The molecule has 0 amide bonds. The van der Waals surface area contributed by atoms with Crippen molar-refractivity contribution >= 4 is 31.6 Å². The lowest BCUT2D eigenvalue weighted by molar-refractivity contribution is 0.112. The van der Waals surface area contributed by atoms with Gasteiger partial charge >= 0.3 is 0 Å². The quantitative estimate of drug-likeness (QED) is 0.467. The van der Waals surface area contributed by atoms with Crippen LogP contribution in [0.5, 0.6) is 0 Å². The number of piperazine rings is 1. The maximum atomic E-state index is 11.7. The van der Waals surface area contributed by atoms with E-state index >= 15 is 0 Å². The van der Waals surface area contributed by atoms with E-state index in [1.54, 1.807) is 0 Å². The number of fused-ring (bicyclic) bond motifs is 1. The monoisotopic (exact) mass is 580 g/mol. The number of nitrogens with one attached hydrogen (secondary N) is 3. The zero-order chi connectivity index (χ0) is 25.7. The molecule has 3 aliphatic rings. The summed E-state index contributed by atoms with van der Waals surface area (Å²) >= 11 is 3.74. The van der Waals surface area contributed by atoms with Crippen molar-refractivity contribution in [1.29, 1.82) is 0 Å². The molecule has 5 heterocycles. The van der Waals surface area contributed by atoms with Gasteiger partial charge in [-0.25, -0.2) is 18.8 Å². The van der Waals surface area contributed by atoms with Crippen LogP contribution in [0.3, 0.4) is 0 Å². The molecule has 3 fully saturated rings. The van der Waals surface area contributed by atoms with Gasteiger partial charge in [-0.05, 0) is 48.3 Å². The fourth-order valence-corrected chi connectivity index (χ4v) is 6.86. The second kappa shape index (κ2) is 9.95. The van der Waals surface area contributed by atoms with Gasteiger partial charge in [0.2, 0.25) is 0 Å². The van der Waals surface area contributed by atoms with Crippen LogP contribution in [-0.2, 0) is 16.9 Å². The normalized spacial score (nSPS) is 28.9. The van der Waals surface area contributed by atoms with Gasteiger partial charge in [0.15, 0.2) is 0 Å². The summed E-state index contributed by atoms with van der Waals surface area (Å²) < 4.78 is 26.3. The molecule has 12 heteroatoms. The van der Waals surface area contributed by atoms with Crippen LogP contribution in [0.25, 0.3) is 0 Å². The number of hydrazine groups is 1. The van der Waals surface area contributed by atoms with Crippen LogP contribution in [0.2, 0.25) is 0 Å². The fourth-order valence-electron chi connectivity index (χ4n) is 5.84. The highest BCUT2D eigenvalue weighted by atomic mass is 79.9. The number of piperidine rings is 1. The Morgan fingerprint density at radius 1 is 1.22 bits per heavy atom. The first-order valence-electron chi connectivity index (χ1n) is 12.6. The molecule has 3 aliphatic heterocycles. The van der Waals surface area contributed by atoms with E-state index in [2.05, 4.69) is 79.2 Å². The lowest BCUT2D eigenvalue weighted by Crippen LogP contribution is -2.60. The standard InChI is InChI=1S/C24H37BrN8O2S/c1-24(2)15-32(7-8-33(24)9-10-36(4,34)35)23-18(25)5-6-19(28-23)22-17-11-20(16-12-27-31(3)14-16)26-13-21(17)29-30-22/h5-6,12,14,17,20-22,26,29-30H,7-11,13,15H2,1-4H3. The van der Waals surface area contributed by atoms with Crippen molar-refractivity contribution in [1.82, 2.24) is 35.8 Å². The van der Waals surface area contributed by atoms with Crippen molar-refractivity contribution in [2.24, 2.45) is 13.0 Å². The molecule has 0 bridgehead atoms. The third-order valence-electron chi connectivity index (χ3n) is 7.86. The third kappa shape index (κ3) is 5.48. The molecule has 5 rings (SSSR count). The molecule has 10 nitrogen and oxygen atoms in total. The lowest BCUT2D eigenvalue weighted by Gasteiger charge is -2.47. The molecular formula is C24H37BrN8O2S. The van der Waals surface area contributed by atoms with E-state index < -0.39 is 9.84 Å². The Hall–Kier alpha value is -1.57. The van der Waals surface area contributed by atoms with Crippen LogP contribution in [0.4, 0.5) is 5.82 Å². The van der Waals surface area contributed by atoms with Crippen molar-refractivity contribution in [3.05, 3.63) is 40.3 Å². The number of hydrogen-bond donors (Lipinski definition) is 3. The van der Waals surface area contributed by atoms with Gasteiger partial charge in [0.25, 0.3) is 0 Å². The Labute approximate surface area is 222 Å². The van der Waals surface area contributed by atoms with Gasteiger partial charge in [-0.1, -0.05) is 0 Å². The van der Waals surface area contributed by atoms with Crippen LogP contribution in [-0.4, -0.2) is 84.4 Å². The van der Waals surface area contributed by atoms with Crippen molar-refractivity contribution in [3.63, 3.8) is 0 Å². The summed E-state index contributed by atoms with van der Waals surface area (Å²) in [5.74, 6) is 1.54. The van der Waals surface area contributed by atoms with E-state index in [1.165, 1.54) is 11.8 Å². The number of rotatable bonds is 6. The van der Waals surface area contributed by atoms with Crippen molar-refractivity contribution in [2.45, 2.75) is 43.9 Å². The van der Waals surface area contributed by atoms with Crippen molar-refractivity contribution in [2.75, 3.05) is 49.6 Å². The van der Waals surface area contributed by atoms with Crippen molar-refractivity contribution in [3.8, 4) is 0 Å². The number of anilines is 1. The Morgan fingerprint density at radius 3 is 2.72 bits per heavy atom. The number of hydrogen-bond acceptors (Lipinski definition) is 9. The van der Waals surface area contributed by atoms with Gasteiger partial charge in [0.05, 0.1) is 28.2 Å². The minimum absolute atomic E-state index is 0.118. The summed E-state index contributed by atoms with van der Waals surface area (Å²) in [7, 11) is -1.03. The number of sulfone groups is 1. The van der Waals surface area contributed by atoms with E-state index in [0.29, 0.717) is 18.5 Å². The number of halogens is 1. The molecule has 3 saturated heterocycles. The van der Waals surface area contributed by atoms with Crippen molar-refractivity contribution < 1.29 is 8.42 Å². The first-order valence-corrected chi connectivity index (χ1v) is 15.4. The zero-order valence-corrected chi connectivity index (χ0v) is 23.8. The zero-order valence-electron chi connectivity index (χ0n) is 21.4. The van der Waals surface area contributed by atoms with Crippen LogP contribution in [0.15, 0.2) is 29.0 Å². The van der Waals surface area contributed by atoms with Gasteiger partial charge in [-0.15, -0.1) is 0 Å². The molecule has 0 saturated carbocycles. The number of pyridine rings is 1. The molecule has 36 heavy (non-hydrogen) atoms. The van der Waals surface area contributed by atoms with E-state index in [0.717, 1.165) is 48.6 Å². The highest BCUT2D eigenvalue weighted by molar-refractivity contribution is 9.10. The molecule has 3 N–H and O–H groups in total. The predicted octanol–water partition coefficient (Wildman–Crippen LogP) is 1.39. The smallest absolute Gasteiger partial charge is 0.148 e. The number of aryl methyl sites for hydroxylation is 1. The van der Waals surface area contributed by atoms with E-state index in [-0.39, 0.29) is 23.4 Å². The third-order valence-corrected chi connectivity index (χ3v) is 9.40. The molecule has 2 aromatic rings. The summed E-state index contributed by atoms with van der Waals surface area (Å²) in [5, 5.41) is 8.02. The summed E-state index contributed by atoms with van der Waals surface area (Å²) in [6.45, 7) is 8.19. The maximum absolute atomic E-state index is 11.7. The van der Waals surface area contributed by atoms with E-state index in [1.807, 2.05) is 17.9 Å². The highest BCUT2D eigenvalue weighted by Gasteiger charge is 2.42. The first kappa shape index (κ1) is 26.1. The minimum Gasteiger partial charge on any atom is -0.353 e. The second-order valence-electron chi connectivity index (χ2n) is 11.1. The molecule has 0 radical (unpaired) electrons. The fraction of sp³-hybridized carbons (Fsp3) is 0.667. The molecule has 4 unspecified atom stereocenters. The first-order chi connectivity index (χ1) is 17.0. The predicted molar refractivity (Wildman–Crippen MR) is 144 cm³/mol. The van der Waals surface area contributed by atoms with Gasteiger partial charge in [-0.2, -0.15) is 5.10 Å². The summed E-state index contributed by atoms with van der Waals surface area (Å²) in [5.41, 5.74) is 9.11. The van der Waals surface area contributed by atoms with E-state index in [9.17, 15) is 8.42 Å². The molecule has 198 valence electrons. The molecule has 0 aliphatic carbocycles. The van der Waals surface area contributed by atoms with Crippen LogP contribution < -0.4 is 21.1 Å². The second-order valence-corrected chi connectivity index (χ2v) is 14.2. The Kier molecular flexibility index (Phi) is 7.20. The summed E-state index contributed by atoms with van der Waals surface area (Å²) in [4.78, 5) is 9.78. The molecule has 2 aromatic heterocycles. The number of nitrogens with zero attached hydrogens (tertiary/aromatic N) is 5. The van der Waals surface area contributed by atoms with Gasteiger partial charge in [0, 0.05) is 81.3 Å².